The summed E-state index contributed by atoms with van der Waals surface area (Å²) in [6.45, 7) is 4.46. The lowest BCUT2D eigenvalue weighted by atomic mass is 10.1. The molecule has 2 saturated heterocycles. The summed E-state index contributed by atoms with van der Waals surface area (Å²) in [4.78, 5) is 39.7. The zero-order chi connectivity index (χ0) is 21.0. The molecule has 1 atom stereocenters. The summed E-state index contributed by atoms with van der Waals surface area (Å²) in [5.41, 5.74) is 0.780. The molecule has 2 fully saturated rings. The molecule has 2 aliphatic heterocycles. The smallest absolute Gasteiger partial charge is 0.272 e. The van der Waals surface area contributed by atoms with Crippen molar-refractivity contribution in [2.45, 2.75) is 38.3 Å². The van der Waals surface area contributed by atoms with Gasteiger partial charge in [-0.25, -0.2) is 0 Å². The van der Waals surface area contributed by atoms with Crippen molar-refractivity contribution in [3.05, 3.63) is 39.4 Å². The highest BCUT2D eigenvalue weighted by Crippen LogP contribution is 2.26. The highest BCUT2D eigenvalue weighted by atomic mass is 16.6. The number of carbonyl (C=O) groups excluding carboxylic acids is 2. The Morgan fingerprint density at radius 2 is 2.03 bits per heavy atom. The van der Waals surface area contributed by atoms with E-state index in [0.29, 0.717) is 50.4 Å². The molecule has 0 saturated carbocycles. The van der Waals surface area contributed by atoms with Crippen LogP contribution in [0.15, 0.2) is 18.2 Å². The van der Waals surface area contributed by atoms with Gasteiger partial charge in [-0.05, 0) is 38.3 Å². The van der Waals surface area contributed by atoms with Gasteiger partial charge in [-0.2, -0.15) is 0 Å². The SMILES string of the molecule is COCCCOC1CN(C(=O)[C@H]2CCCN2C(=O)c2ccc([N+](=O)[O-])c(C)c2)C1. The Morgan fingerprint density at radius 1 is 1.28 bits per heavy atom. The van der Waals surface area contributed by atoms with Crippen LogP contribution in [0.25, 0.3) is 0 Å². The van der Waals surface area contributed by atoms with Gasteiger partial charge >= 0.3 is 0 Å². The number of nitro benzene ring substituents is 1. The molecule has 2 heterocycles. The van der Waals surface area contributed by atoms with Crippen LogP contribution in [-0.2, 0) is 14.3 Å². The number of methoxy groups -OCH3 is 1. The van der Waals surface area contributed by atoms with E-state index in [4.69, 9.17) is 9.47 Å². The van der Waals surface area contributed by atoms with Gasteiger partial charge in [0.1, 0.15) is 6.04 Å². The number of likely N-dealkylation sites (tertiary alicyclic amines) is 2. The first kappa shape index (κ1) is 21.2. The maximum atomic E-state index is 12.9. The Bertz CT molecular complexity index is 777. The number of hydrogen-bond acceptors (Lipinski definition) is 6. The fourth-order valence-electron chi connectivity index (χ4n) is 3.81. The van der Waals surface area contributed by atoms with Gasteiger partial charge in [-0.3, -0.25) is 19.7 Å². The minimum Gasteiger partial charge on any atom is -0.385 e. The molecular weight excluding hydrogens is 378 g/mol. The number of hydrogen-bond donors (Lipinski definition) is 0. The Labute approximate surface area is 169 Å². The van der Waals surface area contributed by atoms with Gasteiger partial charge in [-0.1, -0.05) is 0 Å². The van der Waals surface area contributed by atoms with Gasteiger partial charge in [0, 0.05) is 57.2 Å². The van der Waals surface area contributed by atoms with E-state index in [1.165, 1.54) is 18.2 Å². The third kappa shape index (κ3) is 4.73. The van der Waals surface area contributed by atoms with E-state index in [1.807, 2.05) is 0 Å². The van der Waals surface area contributed by atoms with Crippen molar-refractivity contribution in [3.63, 3.8) is 0 Å². The molecule has 9 heteroatoms. The highest BCUT2D eigenvalue weighted by Gasteiger charge is 2.41. The monoisotopic (exact) mass is 405 g/mol. The average molecular weight is 405 g/mol. The normalized spacial score (nSPS) is 19.3. The molecule has 9 nitrogen and oxygen atoms in total. The maximum absolute atomic E-state index is 12.9. The van der Waals surface area contributed by atoms with Crippen molar-refractivity contribution in [2.24, 2.45) is 0 Å². The van der Waals surface area contributed by atoms with Crippen LogP contribution >= 0.6 is 0 Å². The van der Waals surface area contributed by atoms with Crippen molar-refractivity contribution < 1.29 is 24.0 Å². The molecule has 1 aromatic carbocycles. The predicted octanol–water partition coefficient (Wildman–Crippen LogP) is 1.77. The van der Waals surface area contributed by atoms with E-state index in [-0.39, 0.29) is 23.6 Å². The number of carbonyl (C=O) groups is 2. The van der Waals surface area contributed by atoms with E-state index in [2.05, 4.69) is 0 Å². The second-order valence-electron chi connectivity index (χ2n) is 7.50. The number of benzene rings is 1. The molecule has 0 spiro atoms. The van der Waals surface area contributed by atoms with Crippen molar-refractivity contribution in [1.82, 2.24) is 9.80 Å². The third-order valence-corrected chi connectivity index (χ3v) is 5.45. The highest BCUT2D eigenvalue weighted by molar-refractivity contribution is 5.98. The van der Waals surface area contributed by atoms with E-state index in [0.717, 1.165) is 12.8 Å². The van der Waals surface area contributed by atoms with Crippen molar-refractivity contribution in [1.29, 1.82) is 0 Å². The van der Waals surface area contributed by atoms with Crippen LogP contribution in [0.5, 0.6) is 0 Å². The molecule has 0 aliphatic carbocycles. The summed E-state index contributed by atoms with van der Waals surface area (Å²) < 4.78 is 10.7. The lowest BCUT2D eigenvalue weighted by molar-refractivity contribution is -0.385. The number of nitro groups is 1. The first-order valence-electron chi connectivity index (χ1n) is 9.87. The Kier molecular flexibility index (Phi) is 6.81. The molecular formula is C20H27N3O6. The standard InChI is InChI=1S/C20H27N3O6/c1-14-11-15(6-7-17(14)23(26)27)19(24)22-8-3-5-18(22)20(25)21-12-16(13-21)29-10-4-9-28-2/h6-7,11,16,18H,3-5,8-10,12-13H2,1-2H3/t18-/m1/s1. The zero-order valence-electron chi connectivity index (χ0n) is 16.8. The van der Waals surface area contributed by atoms with Crippen LogP contribution in [0.3, 0.4) is 0 Å². The third-order valence-electron chi connectivity index (χ3n) is 5.45. The van der Waals surface area contributed by atoms with Crippen LogP contribution in [-0.4, -0.2) is 78.6 Å². The second kappa shape index (κ2) is 9.32. The Balaban J connectivity index is 1.57. The summed E-state index contributed by atoms with van der Waals surface area (Å²) in [5.74, 6) is -0.307. The van der Waals surface area contributed by atoms with Gasteiger partial charge in [-0.15, -0.1) is 0 Å². The fraction of sp³-hybridized carbons (Fsp3) is 0.600. The number of ether oxygens (including phenoxy) is 2. The van der Waals surface area contributed by atoms with Crippen LogP contribution in [0.1, 0.15) is 35.2 Å². The molecule has 1 aromatic rings. The number of nitrogens with zero attached hydrogens (tertiary/aromatic N) is 3. The molecule has 0 bridgehead atoms. The van der Waals surface area contributed by atoms with Gasteiger partial charge in [0.25, 0.3) is 11.6 Å². The van der Waals surface area contributed by atoms with E-state index in [9.17, 15) is 19.7 Å². The summed E-state index contributed by atoms with van der Waals surface area (Å²) in [7, 11) is 1.65. The van der Waals surface area contributed by atoms with Crippen LogP contribution in [0, 0.1) is 17.0 Å². The lowest BCUT2D eigenvalue weighted by Crippen LogP contribution is -2.59. The van der Waals surface area contributed by atoms with Crippen LogP contribution in [0.4, 0.5) is 5.69 Å². The summed E-state index contributed by atoms with van der Waals surface area (Å²) in [6.07, 6.45) is 2.25. The number of amides is 2. The molecule has 3 rings (SSSR count). The second-order valence-corrected chi connectivity index (χ2v) is 7.50. The van der Waals surface area contributed by atoms with Crippen LogP contribution in [0.2, 0.25) is 0 Å². The molecule has 158 valence electrons. The molecule has 2 amide bonds. The quantitative estimate of drug-likeness (QED) is 0.371. The molecule has 29 heavy (non-hydrogen) atoms. The first-order valence-corrected chi connectivity index (χ1v) is 9.87. The van der Waals surface area contributed by atoms with Gasteiger partial charge in [0.2, 0.25) is 5.91 Å². The molecule has 0 aromatic heterocycles. The summed E-state index contributed by atoms with van der Waals surface area (Å²) in [5, 5.41) is 11.0. The zero-order valence-corrected chi connectivity index (χ0v) is 16.8. The number of rotatable bonds is 8. The van der Waals surface area contributed by atoms with Crippen molar-refractivity contribution in [2.75, 3.05) is 40.0 Å². The van der Waals surface area contributed by atoms with Gasteiger partial charge < -0.3 is 19.3 Å². The first-order chi connectivity index (χ1) is 13.9. The van der Waals surface area contributed by atoms with Crippen molar-refractivity contribution >= 4 is 17.5 Å². The van der Waals surface area contributed by atoms with Gasteiger partial charge in [0.05, 0.1) is 11.0 Å². The summed E-state index contributed by atoms with van der Waals surface area (Å²) >= 11 is 0. The van der Waals surface area contributed by atoms with Crippen molar-refractivity contribution in [3.8, 4) is 0 Å². The summed E-state index contributed by atoms with van der Waals surface area (Å²) in [6, 6.07) is 3.85. The average Bonchev–Trinajstić information content (AvgIpc) is 3.14. The van der Waals surface area contributed by atoms with E-state index >= 15 is 0 Å². The number of aryl methyl sites for hydroxylation is 1. The Morgan fingerprint density at radius 3 is 2.69 bits per heavy atom. The minimum absolute atomic E-state index is 0.0206. The lowest BCUT2D eigenvalue weighted by Gasteiger charge is -2.41. The molecule has 0 unspecified atom stereocenters. The fourth-order valence-corrected chi connectivity index (χ4v) is 3.81. The molecule has 0 radical (unpaired) electrons. The van der Waals surface area contributed by atoms with E-state index < -0.39 is 11.0 Å². The molecule has 0 N–H and O–H groups in total. The van der Waals surface area contributed by atoms with Crippen LogP contribution < -0.4 is 0 Å². The van der Waals surface area contributed by atoms with E-state index in [1.54, 1.807) is 23.8 Å². The van der Waals surface area contributed by atoms with Gasteiger partial charge in [0.15, 0.2) is 0 Å². The topological polar surface area (TPSA) is 102 Å². The maximum Gasteiger partial charge on any atom is 0.272 e. The predicted molar refractivity (Wildman–Crippen MR) is 105 cm³/mol. The largest absolute Gasteiger partial charge is 0.385 e. The minimum atomic E-state index is -0.479. The Hall–Kier alpha value is -2.52. The molecule has 2 aliphatic rings.